The number of carbonyl (C=O) groups excluding carboxylic acids is 1. The topological polar surface area (TPSA) is 61.0 Å². The van der Waals surface area contributed by atoms with E-state index in [1.807, 2.05) is 17.4 Å². The van der Waals surface area contributed by atoms with Crippen LogP contribution >= 0.6 is 11.3 Å². The lowest BCUT2D eigenvalue weighted by atomic mass is 10.0. The van der Waals surface area contributed by atoms with Crippen molar-refractivity contribution in [3.8, 4) is 10.4 Å². The molecule has 1 aromatic carbocycles. The number of fused-ring (bicyclic) bond motifs is 1. The van der Waals surface area contributed by atoms with Gasteiger partial charge in [-0.15, -0.1) is 11.3 Å². The van der Waals surface area contributed by atoms with Crippen molar-refractivity contribution in [3.05, 3.63) is 64.3 Å². The van der Waals surface area contributed by atoms with E-state index in [0.29, 0.717) is 5.69 Å². The van der Waals surface area contributed by atoms with E-state index in [1.165, 1.54) is 15.3 Å². The van der Waals surface area contributed by atoms with Crippen molar-refractivity contribution in [2.24, 2.45) is 0 Å². The average Bonchev–Trinajstić information content (AvgIpc) is 3.28. The summed E-state index contributed by atoms with van der Waals surface area (Å²) in [5.41, 5.74) is 3.91. The minimum atomic E-state index is -0.123. The summed E-state index contributed by atoms with van der Waals surface area (Å²) in [7, 11) is 1.64. The molecule has 1 aliphatic heterocycles. The van der Waals surface area contributed by atoms with Crippen molar-refractivity contribution in [1.29, 1.82) is 0 Å². The van der Waals surface area contributed by atoms with Gasteiger partial charge in [0, 0.05) is 54.1 Å². The van der Waals surface area contributed by atoms with Crippen LogP contribution in [0.15, 0.2) is 42.5 Å². The van der Waals surface area contributed by atoms with Gasteiger partial charge in [0.25, 0.3) is 5.91 Å². The first-order valence-corrected chi connectivity index (χ1v) is 9.21. The summed E-state index contributed by atoms with van der Waals surface area (Å²) in [6.07, 6.45) is 0.899. The average molecular weight is 352 g/mol. The number of carbonyl (C=O) groups is 1. The molecule has 128 valence electrons. The number of aromatic amines is 1. The van der Waals surface area contributed by atoms with E-state index in [2.05, 4.69) is 56.8 Å². The number of amides is 1. The van der Waals surface area contributed by atoms with E-state index in [0.717, 1.165) is 37.3 Å². The number of nitrogens with one attached hydrogen (secondary N) is 2. The van der Waals surface area contributed by atoms with Gasteiger partial charge in [-0.3, -0.25) is 14.8 Å². The molecular formula is C19H20N4OS. The maximum atomic E-state index is 12.0. The Morgan fingerprint density at radius 2 is 2.12 bits per heavy atom. The van der Waals surface area contributed by atoms with E-state index in [4.69, 9.17) is 0 Å². The number of hydrogen-bond donors (Lipinski definition) is 2. The van der Waals surface area contributed by atoms with E-state index in [1.54, 1.807) is 7.05 Å². The Balaban J connectivity index is 1.49. The van der Waals surface area contributed by atoms with E-state index >= 15 is 0 Å². The van der Waals surface area contributed by atoms with Crippen LogP contribution < -0.4 is 5.32 Å². The smallest absolute Gasteiger partial charge is 0.271 e. The zero-order chi connectivity index (χ0) is 17.2. The van der Waals surface area contributed by atoms with E-state index in [-0.39, 0.29) is 5.91 Å². The van der Waals surface area contributed by atoms with Crippen molar-refractivity contribution in [3.63, 3.8) is 0 Å². The van der Waals surface area contributed by atoms with Gasteiger partial charge in [-0.25, -0.2) is 0 Å². The van der Waals surface area contributed by atoms with E-state index in [9.17, 15) is 4.79 Å². The maximum absolute atomic E-state index is 12.0. The first kappa shape index (κ1) is 16.1. The lowest BCUT2D eigenvalue weighted by molar-refractivity contribution is 0.0955. The summed E-state index contributed by atoms with van der Waals surface area (Å²) in [6.45, 7) is 2.63. The molecule has 5 nitrogen and oxygen atoms in total. The second-order valence-corrected chi connectivity index (χ2v) is 7.37. The molecule has 0 radical (unpaired) electrons. The van der Waals surface area contributed by atoms with Gasteiger partial charge < -0.3 is 5.32 Å². The largest absolute Gasteiger partial charge is 0.354 e. The van der Waals surface area contributed by atoms with Crippen LogP contribution in [0.1, 0.15) is 26.6 Å². The highest BCUT2D eigenvalue weighted by molar-refractivity contribution is 7.15. The Hall–Kier alpha value is -2.44. The fourth-order valence-corrected chi connectivity index (χ4v) is 4.29. The third kappa shape index (κ3) is 3.23. The summed E-state index contributed by atoms with van der Waals surface area (Å²) in [4.78, 5) is 17.0. The Morgan fingerprint density at radius 3 is 2.92 bits per heavy atom. The van der Waals surface area contributed by atoms with Crippen LogP contribution in [-0.2, 0) is 19.5 Å². The quantitative estimate of drug-likeness (QED) is 0.759. The summed E-state index contributed by atoms with van der Waals surface area (Å²) in [5.74, 6) is -0.123. The molecule has 0 spiro atoms. The first-order valence-electron chi connectivity index (χ1n) is 8.39. The molecule has 4 rings (SSSR count). The SMILES string of the molecule is CNC(=O)c1n[nH]c2c1CN(Cc1ccc(-c3ccccc3)s1)CC2. The summed E-state index contributed by atoms with van der Waals surface area (Å²) < 4.78 is 0. The molecule has 3 heterocycles. The van der Waals surface area contributed by atoms with E-state index < -0.39 is 0 Å². The van der Waals surface area contributed by atoms with Gasteiger partial charge in [-0.05, 0) is 17.7 Å². The molecular weight excluding hydrogens is 332 g/mol. The molecule has 3 aromatic rings. The number of nitrogens with zero attached hydrogens (tertiary/aromatic N) is 2. The zero-order valence-electron chi connectivity index (χ0n) is 14.1. The van der Waals surface area contributed by atoms with Crippen molar-refractivity contribution in [2.45, 2.75) is 19.5 Å². The van der Waals surface area contributed by atoms with Gasteiger partial charge in [-0.2, -0.15) is 5.10 Å². The molecule has 25 heavy (non-hydrogen) atoms. The van der Waals surface area contributed by atoms with Crippen LogP contribution in [0.4, 0.5) is 0 Å². The molecule has 2 aromatic heterocycles. The lowest BCUT2D eigenvalue weighted by Crippen LogP contribution is -2.31. The minimum Gasteiger partial charge on any atom is -0.354 e. The highest BCUT2D eigenvalue weighted by Gasteiger charge is 2.25. The minimum absolute atomic E-state index is 0.123. The lowest BCUT2D eigenvalue weighted by Gasteiger charge is -2.26. The molecule has 0 saturated carbocycles. The number of rotatable bonds is 4. The normalized spacial score (nSPS) is 14.3. The molecule has 0 fully saturated rings. The molecule has 0 aliphatic carbocycles. The summed E-state index contributed by atoms with van der Waals surface area (Å²) >= 11 is 1.83. The van der Waals surface area contributed by atoms with Gasteiger partial charge in [0.1, 0.15) is 0 Å². The third-order valence-corrected chi connectivity index (χ3v) is 5.67. The van der Waals surface area contributed by atoms with Crippen LogP contribution in [0.25, 0.3) is 10.4 Å². The third-order valence-electron chi connectivity index (χ3n) is 4.55. The van der Waals surface area contributed by atoms with Crippen molar-refractivity contribution in [1.82, 2.24) is 20.4 Å². The molecule has 1 aliphatic rings. The van der Waals surface area contributed by atoms with Gasteiger partial charge in [0.05, 0.1) is 0 Å². The molecule has 0 saturated heterocycles. The molecule has 2 N–H and O–H groups in total. The zero-order valence-corrected chi connectivity index (χ0v) is 14.9. The van der Waals surface area contributed by atoms with Crippen molar-refractivity contribution < 1.29 is 4.79 Å². The number of benzene rings is 1. The Morgan fingerprint density at radius 1 is 1.28 bits per heavy atom. The molecule has 0 atom stereocenters. The fourth-order valence-electron chi connectivity index (χ4n) is 3.23. The second-order valence-electron chi connectivity index (χ2n) is 6.20. The standard InChI is InChI=1S/C19H20N4OS/c1-20-19(24)18-15-12-23(10-9-16(15)21-22-18)11-14-7-8-17(25-14)13-5-3-2-4-6-13/h2-8H,9-12H2,1H3,(H,20,24)(H,21,22). The van der Waals surface area contributed by atoms with Crippen LogP contribution in [-0.4, -0.2) is 34.6 Å². The van der Waals surface area contributed by atoms with Crippen LogP contribution in [0.3, 0.4) is 0 Å². The highest BCUT2D eigenvalue weighted by atomic mass is 32.1. The predicted molar refractivity (Wildman–Crippen MR) is 99.6 cm³/mol. The predicted octanol–water partition coefficient (Wildman–Crippen LogP) is 3.06. The molecule has 0 bridgehead atoms. The number of aromatic nitrogens is 2. The number of H-pyrrole nitrogens is 1. The Bertz CT molecular complexity index is 884. The monoisotopic (exact) mass is 352 g/mol. The number of thiophene rings is 1. The first-order chi connectivity index (χ1) is 12.2. The second kappa shape index (κ2) is 6.82. The van der Waals surface area contributed by atoms with Crippen LogP contribution in [0.5, 0.6) is 0 Å². The molecule has 1 amide bonds. The van der Waals surface area contributed by atoms with Gasteiger partial charge >= 0.3 is 0 Å². The fraction of sp³-hybridized carbons (Fsp3) is 0.263. The molecule has 0 unspecified atom stereocenters. The summed E-state index contributed by atoms with van der Waals surface area (Å²) in [5, 5.41) is 9.87. The van der Waals surface area contributed by atoms with Crippen molar-refractivity contribution in [2.75, 3.05) is 13.6 Å². The summed E-state index contributed by atoms with van der Waals surface area (Å²) in [6, 6.07) is 14.9. The van der Waals surface area contributed by atoms with Gasteiger partial charge in [-0.1, -0.05) is 30.3 Å². The molecule has 6 heteroatoms. The highest BCUT2D eigenvalue weighted by Crippen LogP contribution is 2.30. The Labute approximate surface area is 150 Å². The Kier molecular flexibility index (Phi) is 4.38. The number of hydrogen-bond acceptors (Lipinski definition) is 4. The van der Waals surface area contributed by atoms with Crippen LogP contribution in [0.2, 0.25) is 0 Å². The van der Waals surface area contributed by atoms with Gasteiger partial charge in [0.15, 0.2) is 5.69 Å². The van der Waals surface area contributed by atoms with Crippen molar-refractivity contribution >= 4 is 17.2 Å². The van der Waals surface area contributed by atoms with Crippen LogP contribution in [0, 0.1) is 0 Å². The maximum Gasteiger partial charge on any atom is 0.271 e. The van der Waals surface area contributed by atoms with Gasteiger partial charge in [0.2, 0.25) is 0 Å².